The van der Waals surface area contributed by atoms with Gasteiger partial charge in [-0.15, -0.1) is 0 Å². The molecule has 8 heteroatoms. The van der Waals surface area contributed by atoms with Crippen molar-refractivity contribution in [3.8, 4) is 5.75 Å². The van der Waals surface area contributed by atoms with E-state index in [0.29, 0.717) is 11.4 Å². The summed E-state index contributed by atoms with van der Waals surface area (Å²) < 4.78 is 43.6. The van der Waals surface area contributed by atoms with E-state index in [1.807, 2.05) is 6.92 Å². The van der Waals surface area contributed by atoms with E-state index in [-0.39, 0.29) is 5.69 Å². The number of amides is 2. The molecule has 0 aliphatic heterocycles. The van der Waals surface area contributed by atoms with Crippen molar-refractivity contribution in [3.63, 3.8) is 0 Å². The first-order chi connectivity index (χ1) is 11.2. The van der Waals surface area contributed by atoms with E-state index in [1.54, 1.807) is 18.2 Å². The fraction of sp³-hybridized carbons (Fsp3) is 0.188. The second-order valence-corrected chi connectivity index (χ2v) is 5.38. The van der Waals surface area contributed by atoms with Gasteiger partial charge < -0.3 is 15.4 Å². The lowest BCUT2D eigenvalue weighted by atomic mass is 10.2. The summed E-state index contributed by atoms with van der Waals surface area (Å²) in [5.41, 5.74) is 0.239. The highest BCUT2D eigenvalue weighted by Gasteiger charge is 2.33. The number of alkyl halides is 3. The highest BCUT2D eigenvalue weighted by molar-refractivity contribution is 6.31. The molecule has 0 bridgehead atoms. The molecule has 2 rings (SSSR count). The Morgan fingerprint density at radius 2 is 1.83 bits per heavy atom. The van der Waals surface area contributed by atoms with Crippen LogP contribution in [0.4, 0.5) is 29.3 Å². The number of ether oxygens (including phenoxy) is 1. The number of halogens is 4. The predicted molar refractivity (Wildman–Crippen MR) is 86.8 cm³/mol. The van der Waals surface area contributed by atoms with E-state index in [4.69, 9.17) is 16.3 Å². The Morgan fingerprint density at radius 1 is 1.12 bits per heavy atom. The number of hydrogen-bond acceptors (Lipinski definition) is 2. The smallest absolute Gasteiger partial charge is 0.417 e. The van der Waals surface area contributed by atoms with Crippen molar-refractivity contribution in [3.05, 3.63) is 52.5 Å². The number of methoxy groups -OCH3 is 1. The second-order valence-electron chi connectivity index (χ2n) is 4.98. The Balaban J connectivity index is 2.18. The molecule has 0 saturated heterocycles. The summed E-state index contributed by atoms with van der Waals surface area (Å²) in [6, 6.07) is 7.59. The van der Waals surface area contributed by atoms with Gasteiger partial charge in [0.15, 0.2) is 0 Å². The topological polar surface area (TPSA) is 50.4 Å². The van der Waals surface area contributed by atoms with Gasteiger partial charge in [-0.05, 0) is 42.8 Å². The lowest BCUT2D eigenvalue weighted by molar-refractivity contribution is -0.137. The van der Waals surface area contributed by atoms with Crippen molar-refractivity contribution in [2.45, 2.75) is 13.1 Å². The molecular formula is C16H14ClF3N2O2. The van der Waals surface area contributed by atoms with Gasteiger partial charge in [-0.1, -0.05) is 17.7 Å². The minimum absolute atomic E-state index is 0.0316. The van der Waals surface area contributed by atoms with Crippen LogP contribution in [0.15, 0.2) is 36.4 Å². The number of anilines is 2. The van der Waals surface area contributed by atoms with Gasteiger partial charge in [-0.3, -0.25) is 0 Å². The van der Waals surface area contributed by atoms with Crippen LogP contribution in [0.2, 0.25) is 5.02 Å². The number of benzene rings is 2. The summed E-state index contributed by atoms with van der Waals surface area (Å²) in [6.07, 6.45) is -4.61. The predicted octanol–water partition coefficient (Wildman–Crippen LogP) is 5.32. The van der Waals surface area contributed by atoms with Crippen LogP contribution in [-0.4, -0.2) is 13.1 Å². The summed E-state index contributed by atoms with van der Waals surface area (Å²) in [4.78, 5) is 12.0. The van der Waals surface area contributed by atoms with Crippen LogP contribution >= 0.6 is 11.6 Å². The second kappa shape index (κ2) is 7.00. The quantitative estimate of drug-likeness (QED) is 0.780. The normalized spacial score (nSPS) is 11.1. The fourth-order valence-electron chi connectivity index (χ4n) is 2.02. The Bertz CT molecular complexity index is 763. The maximum atomic E-state index is 12.8. The summed E-state index contributed by atoms with van der Waals surface area (Å²) in [7, 11) is 1.45. The molecule has 0 unspecified atom stereocenters. The van der Waals surface area contributed by atoms with Crippen LogP contribution in [0.5, 0.6) is 5.75 Å². The molecule has 0 aliphatic rings. The number of hydrogen-bond donors (Lipinski definition) is 2. The van der Waals surface area contributed by atoms with Gasteiger partial charge in [0.05, 0.1) is 23.4 Å². The molecule has 24 heavy (non-hydrogen) atoms. The van der Waals surface area contributed by atoms with E-state index in [2.05, 4.69) is 10.6 Å². The van der Waals surface area contributed by atoms with E-state index < -0.39 is 22.8 Å². The Kier molecular flexibility index (Phi) is 5.23. The van der Waals surface area contributed by atoms with Crippen LogP contribution in [0.25, 0.3) is 0 Å². The van der Waals surface area contributed by atoms with Crippen molar-refractivity contribution < 1.29 is 22.7 Å². The van der Waals surface area contributed by atoms with Crippen molar-refractivity contribution in [2.24, 2.45) is 0 Å². The van der Waals surface area contributed by atoms with Gasteiger partial charge >= 0.3 is 12.2 Å². The van der Waals surface area contributed by atoms with Crippen LogP contribution in [-0.2, 0) is 6.18 Å². The number of nitrogens with one attached hydrogen (secondary N) is 2. The highest BCUT2D eigenvalue weighted by atomic mass is 35.5. The molecule has 0 aliphatic carbocycles. The molecule has 2 N–H and O–H groups in total. The zero-order valence-corrected chi connectivity index (χ0v) is 13.5. The molecule has 0 saturated carbocycles. The number of carbonyl (C=O) groups is 1. The van der Waals surface area contributed by atoms with Crippen LogP contribution in [0.3, 0.4) is 0 Å². The van der Waals surface area contributed by atoms with E-state index in [9.17, 15) is 18.0 Å². The molecule has 128 valence electrons. The van der Waals surface area contributed by atoms with Gasteiger partial charge in [0.25, 0.3) is 0 Å². The van der Waals surface area contributed by atoms with Crippen molar-refractivity contribution >= 4 is 29.0 Å². The van der Waals surface area contributed by atoms with Crippen molar-refractivity contribution in [2.75, 3.05) is 17.7 Å². The maximum absolute atomic E-state index is 12.8. The zero-order valence-electron chi connectivity index (χ0n) is 12.8. The molecule has 2 aromatic rings. The van der Waals surface area contributed by atoms with Gasteiger partial charge in [-0.25, -0.2) is 4.79 Å². The number of rotatable bonds is 3. The number of aryl methyl sites for hydroxylation is 1. The minimum Gasteiger partial charge on any atom is -0.495 e. The third-order valence-corrected chi connectivity index (χ3v) is 3.46. The Hall–Kier alpha value is -2.41. The van der Waals surface area contributed by atoms with Crippen LogP contribution < -0.4 is 15.4 Å². The van der Waals surface area contributed by atoms with Gasteiger partial charge in [0, 0.05) is 5.69 Å². The lowest BCUT2D eigenvalue weighted by Gasteiger charge is -2.14. The Labute approximate surface area is 141 Å². The molecule has 0 heterocycles. The third kappa shape index (κ3) is 4.32. The standard InChI is InChI=1S/C16H14ClF3N2O2/c1-9-3-6-14(24-2)13(7-9)22-15(23)21-10-4-5-12(17)11(8-10)16(18,19)20/h3-8H,1-2H3,(H2,21,22,23). The lowest BCUT2D eigenvalue weighted by Crippen LogP contribution is -2.20. The summed E-state index contributed by atoms with van der Waals surface area (Å²) in [5, 5.41) is 4.43. The van der Waals surface area contributed by atoms with Crippen molar-refractivity contribution in [1.82, 2.24) is 0 Å². The molecule has 0 aromatic heterocycles. The molecular weight excluding hydrogens is 345 g/mol. The fourth-order valence-corrected chi connectivity index (χ4v) is 2.25. The van der Waals surface area contributed by atoms with Crippen LogP contribution in [0.1, 0.15) is 11.1 Å². The first-order valence-electron chi connectivity index (χ1n) is 6.80. The largest absolute Gasteiger partial charge is 0.495 e. The molecule has 0 spiro atoms. The molecule has 2 aromatic carbocycles. The molecule has 0 fully saturated rings. The van der Waals surface area contributed by atoms with E-state index in [1.165, 1.54) is 13.2 Å². The average Bonchev–Trinajstić information content (AvgIpc) is 2.48. The van der Waals surface area contributed by atoms with Gasteiger partial charge in [0.1, 0.15) is 5.75 Å². The Morgan fingerprint density at radius 3 is 2.46 bits per heavy atom. The highest BCUT2D eigenvalue weighted by Crippen LogP contribution is 2.36. The summed E-state index contributed by atoms with van der Waals surface area (Å²) in [5.74, 6) is 0.433. The van der Waals surface area contributed by atoms with E-state index >= 15 is 0 Å². The monoisotopic (exact) mass is 358 g/mol. The third-order valence-electron chi connectivity index (χ3n) is 3.13. The van der Waals surface area contributed by atoms with Crippen molar-refractivity contribution in [1.29, 1.82) is 0 Å². The molecule has 2 amide bonds. The van der Waals surface area contributed by atoms with E-state index in [0.717, 1.165) is 17.7 Å². The summed E-state index contributed by atoms with van der Waals surface area (Å²) in [6.45, 7) is 1.83. The van der Waals surface area contributed by atoms with Crippen LogP contribution in [0, 0.1) is 6.92 Å². The van der Waals surface area contributed by atoms with Gasteiger partial charge in [0.2, 0.25) is 0 Å². The first-order valence-corrected chi connectivity index (χ1v) is 7.18. The first kappa shape index (κ1) is 17.9. The number of carbonyl (C=O) groups excluding carboxylic acids is 1. The molecule has 0 atom stereocenters. The SMILES string of the molecule is COc1ccc(C)cc1NC(=O)Nc1ccc(Cl)c(C(F)(F)F)c1. The molecule has 0 radical (unpaired) electrons. The summed E-state index contributed by atoms with van der Waals surface area (Å²) >= 11 is 5.54. The zero-order chi connectivity index (χ0) is 17.9. The number of urea groups is 1. The average molecular weight is 359 g/mol. The maximum Gasteiger partial charge on any atom is 0.417 e. The minimum atomic E-state index is -4.61. The van der Waals surface area contributed by atoms with Gasteiger partial charge in [-0.2, -0.15) is 13.2 Å². The molecule has 4 nitrogen and oxygen atoms in total.